The van der Waals surface area contributed by atoms with E-state index in [0.717, 1.165) is 32.1 Å². The van der Waals surface area contributed by atoms with Gasteiger partial charge in [0.15, 0.2) is 0 Å². The van der Waals surface area contributed by atoms with Gasteiger partial charge in [-0.1, -0.05) is 43.2 Å². The quantitative estimate of drug-likeness (QED) is 0.612. The third kappa shape index (κ3) is 6.30. The Bertz CT molecular complexity index is 504. The summed E-state index contributed by atoms with van der Waals surface area (Å²) in [5.41, 5.74) is 1.24. The molecule has 1 heterocycles. The van der Waals surface area contributed by atoms with E-state index in [-0.39, 0.29) is 24.0 Å². The summed E-state index contributed by atoms with van der Waals surface area (Å²) in [6, 6.07) is 10.5. The summed E-state index contributed by atoms with van der Waals surface area (Å²) < 4.78 is 0. The number of hydrogen-bond acceptors (Lipinski definition) is 2. The minimum Gasteiger partial charge on any atom is -0.356 e. The lowest BCUT2D eigenvalue weighted by molar-refractivity contribution is -0.121. The molecule has 2 rings (SSSR count). The third-order valence-electron chi connectivity index (χ3n) is 4.28. The van der Waals surface area contributed by atoms with E-state index in [9.17, 15) is 9.59 Å². The smallest absolute Gasteiger partial charge is 0.315 e. The zero-order valence-electron chi connectivity index (χ0n) is 13.8. The van der Waals surface area contributed by atoms with Crippen LogP contribution in [0.25, 0.3) is 0 Å². The summed E-state index contributed by atoms with van der Waals surface area (Å²) in [6.07, 6.45) is 5.38. The van der Waals surface area contributed by atoms with Crippen LogP contribution in [0.2, 0.25) is 0 Å². The van der Waals surface area contributed by atoms with Gasteiger partial charge >= 0.3 is 6.03 Å². The Hall–Kier alpha value is -2.04. The number of nitrogens with one attached hydrogen (secondary N) is 3. The molecule has 0 bridgehead atoms. The molecule has 1 aromatic carbocycles. The predicted molar refractivity (Wildman–Crippen MR) is 91.2 cm³/mol. The molecule has 1 aromatic rings. The van der Waals surface area contributed by atoms with Crippen LogP contribution in [0, 0.1) is 0 Å². The molecule has 3 N–H and O–H groups in total. The van der Waals surface area contributed by atoms with Crippen molar-refractivity contribution in [3.8, 4) is 0 Å². The topological polar surface area (TPSA) is 70.2 Å². The second-order valence-corrected chi connectivity index (χ2v) is 6.20. The highest BCUT2D eigenvalue weighted by Crippen LogP contribution is 2.11. The largest absolute Gasteiger partial charge is 0.356 e. The highest BCUT2D eigenvalue weighted by molar-refractivity contribution is 5.77. The van der Waals surface area contributed by atoms with Crippen LogP contribution in [0.1, 0.15) is 44.6 Å². The minimum atomic E-state index is -0.0692. The number of amides is 3. The molecule has 1 fully saturated rings. The average Bonchev–Trinajstić information content (AvgIpc) is 2.86. The van der Waals surface area contributed by atoms with Crippen LogP contribution < -0.4 is 16.0 Å². The molecule has 1 aliphatic rings. The van der Waals surface area contributed by atoms with Crippen molar-refractivity contribution in [3.05, 3.63) is 35.9 Å². The van der Waals surface area contributed by atoms with Gasteiger partial charge < -0.3 is 16.0 Å². The molecule has 23 heavy (non-hydrogen) atoms. The van der Waals surface area contributed by atoms with E-state index in [0.29, 0.717) is 13.0 Å². The maximum atomic E-state index is 11.8. The summed E-state index contributed by atoms with van der Waals surface area (Å²) in [5.74, 6) is 0.130. The fourth-order valence-corrected chi connectivity index (χ4v) is 2.87. The number of benzene rings is 1. The van der Waals surface area contributed by atoms with E-state index < -0.39 is 0 Å². The van der Waals surface area contributed by atoms with Crippen LogP contribution >= 0.6 is 0 Å². The van der Waals surface area contributed by atoms with Crippen LogP contribution in [0.4, 0.5) is 4.79 Å². The lowest BCUT2D eigenvalue weighted by atomic mass is 10.0. The molecule has 3 amide bonds. The Labute approximate surface area is 138 Å². The van der Waals surface area contributed by atoms with Gasteiger partial charge in [-0.15, -0.1) is 0 Å². The second kappa shape index (κ2) is 9.18. The molecule has 0 radical (unpaired) electrons. The first-order valence-corrected chi connectivity index (χ1v) is 8.53. The van der Waals surface area contributed by atoms with E-state index >= 15 is 0 Å². The molecular weight excluding hydrogens is 290 g/mol. The fraction of sp³-hybridized carbons (Fsp3) is 0.556. The van der Waals surface area contributed by atoms with Crippen molar-refractivity contribution in [2.75, 3.05) is 6.54 Å². The van der Waals surface area contributed by atoms with Crippen LogP contribution in [0.3, 0.4) is 0 Å². The molecule has 5 nitrogen and oxygen atoms in total. The van der Waals surface area contributed by atoms with Crippen molar-refractivity contribution >= 4 is 11.9 Å². The molecule has 0 saturated carbocycles. The van der Waals surface area contributed by atoms with Crippen LogP contribution in [-0.2, 0) is 11.2 Å². The summed E-state index contributed by atoms with van der Waals surface area (Å²) in [6.45, 7) is 2.71. The third-order valence-corrected chi connectivity index (χ3v) is 4.28. The first kappa shape index (κ1) is 17.3. The Morgan fingerprint density at radius 1 is 1.13 bits per heavy atom. The molecule has 0 unspecified atom stereocenters. The molecule has 1 saturated heterocycles. The molecule has 126 valence electrons. The van der Waals surface area contributed by atoms with Crippen molar-refractivity contribution in [3.63, 3.8) is 0 Å². The molecular formula is C18H27N3O2. The lowest BCUT2D eigenvalue weighted by Crippen LogP contribution is -2.30. The van der Waals surface area contributed by atoms with E-state index in [1.807, 2.05) is 25.1 Å². The van der Waals surface area contributed by atoms with Crippen LogP contribution in [0.15, 0.2) is 30.3 Å². The Balaban J connectivity index is 1.48. The van der Waals surface area contributed by atoms with Gasteiger partial charge in [0.1, 0.15) is 0 Å². The summed E-state index contributed by atoms with van der Waals surface area (Å²) >= 11 is 0. The molecule has 1 aliphatic heterocycles. The number of carbonyl (C=O) groups is 2. The minimum absolute atomic E-state index is 0.0692. The first-order chi connectivity index (χ1) is 11.1. The van der Waals surface area contributed by atoms with Gasteiger partial charge in [0.05, 0.1) is 6.04 Å². The van der Waals surface area contributed by atoms with Gasteiger partial charge in [-0.3, -0.25) is 4.79 Å². The van der Waals surface area contributed by atoms with Crippen molar-refractivity contribution in [1.82, 2.24) is 16.0 Å². The fourth-order valence-electron chi connectivity index (χ4n) is 2.87. The molecule has 2 atom stereocenters. The number of urea groups is 1. The number of unbranched alkanes of at least 4 members (excludes halogenated alkanes) is 2. The van der Waals surface area contributed by atoms with Gasteiger partial charge in [0, 0.05) is 19.0 Å². The monoisotopic (exact) mass is 317 g/mol. The highest BCUT2D eigenvalue weighted by Gasteiger charge is 2.26. The lowest BCUT2D eigenvalue weighted by Gasteiger charge is -2.13. The highest BCUT2D eigenvalue weighted by atomic mass is 16.2. The van der Waals surface area contributed by atoms with Crippen molar-refractivity contribution < 1.29 is 9.59 Å². The van der Waals surface area contributed by atoms with E-state index in [1.54, 1.807) is 0 Å². The SMILES string of the molecule is C[C@H]1NC(=O)N[C@H]1CCCCCC(=O)NCCc1ccccc1. The summed E-state index contributed by atoms with van der Waals surface area (Å²) in [4.78, 5) is 22.9. The van der Waals surface area contributed by atoms with Gasteiger partial charge in [0.25, 0.3) is 0 Å². The zero-order chi connectivity index (χ0) is 16.5. The van der Waals surface area contributed by atoms with E-state index in [4.69, 9.17) is 0 Å². The maximum absolute atomic E-state index is 11.8. The van der Waals surface area contributed by atoms with Crippen LogP contribution in [0.5, 0.6) is 0 Å². The van der Waals surface area contributed by atoms with E-state index in [1.165, 1.54) is 5.56 Å². The van der Waals surface area contributed by atoms with Crippen molar-refractivity contribution in [2.24, 2.45) is 0 Å². The Morgan fingerprint density at radius 2 is 1.91 bits per heavy atom. The maximum Gasteiger partial charge on any atom is 0.315 e. The van der Waals surface area contributed by atoms with Crippen molar-refractivity contribution in [1.29, 1.82) is 0 Å². The standard InChI is InChI=1S/C18H27N3O2/c1-14-16(21-18(23)20-14)10-6-3-7-11-17(22)19-13-12-15-8-4-2-5-9-15/h2,4-5,8-9,14,16H,3,6-7,10-13H2,1H3,(H,19,22)(H2,20,21,23)/t14-,16+/m1/s1. The number of carbonyl (C=O) groups excluding carboxylic acids is 2. The molecule has 0 aliphatic carbocycles. The van der Waals surface area contributed by atoms with Crippen LogP contribution in [-0.4, -0.2) is 30.6 Å². The van der Waals surface area contributed by atoms with Crippen molar-refractivity contribution in [2.45, 2.75) is 57.5 Å². The first-order valence-electron chi connectivity index (χ1n) is 8.53. The normalized spacial score (nSPS) is 20.0. The average molecular weight is 317 g/mol. The van der Waals surface area contributed by atoms with Gasteiger partial charge in [-0.05, 0) is 31.7 Å². The summed E-state index contributed by atoms with van der Waals surface area (Å²) in [7, 11) is 0. The number of hydrogen-bond donors (Lipinski definition) is 3. The Morgan fingerprint density at radius 3 is 2.61 bits per heavy atom. The van der Waals surface area contributed by atoms with Gasteiger partial charge in [-0.2, -0.15) is 0 Å². The molecule has 0 spiro atoms. The molecule has 5 heteroatoms. The Kier molecular flexibility index (Phi) is 6.91. The molecule has 0 aromatic heterocycles. The second-order valence-electron chi connectivity index (χ2n) is 6.20. The van der Waals surface area contributed by atoms with Gasteiger partial charge in [-0.25, -0.2) is 4.79 Å². The predicted octanol–water partition coefficient (Wildman–Crippen LogP) is 2.37. The zero-order valence-corrected chi connectivity index (χ0v) is 13.8. The summed E-state index contributed by atoms with van der Waals surface area (Å²) in [5, 5.41) is 8.74. The van der Waals surface area contributed by atoms with E-state index in [2.05, 4.69) is 28.1 Å². The van der Waals surface area contributed by atoms with Gasteiger partial charge in [0.2, 0.25) is 5.91 Å². The number of rotatable bonds is 9.